The molecule has 1 amide bonds. The summed E-state index contributed by atoms with van der Waals surface area (Å²) >= 11 is 4.98. The molecule has 0 fully saturated rings. The summed E-state index contributed by atoms with van der Waals surface area (Å²) in [5.74, 6) is -0.176. The van der Waals surface area contributed by atoms with E-state index in [1.165, 1.54) is 0 Å². The van der Waals surface area contributed by atoms with Crippen LogP contribution < -0.4 is 11.1 Å². The van der Waals surface area contributed by atoms with Gasteiger partial charge in [0.1, 0.15) is 0 Å². The Morgan fingerprint density at radius 3 is 2.47 bits per heavy atom. The number of carbonyl (C=O) groups excluding carboxylic acids is 1. The van der Waals surface area contributed by atoms with Gasteiger partial charge < -0.3 is 11.1 Å². The SMILES string of the molecule is CSc1ccc(NC(=O)c2cc(N)cc(Br)c2)cc1. The lowest BCUT2D eigenvalue weighted by molar-refractivity contribution is 0.102. The molecule has 98 valence electrons. The lowest BCUT2D eigenvalue weighted by atomic mass is 10.2. The molecule has 0 saturated heterocycles. The summed E-state index contributed by atoms with van der Waals surface area (Å²) in [6.45, 7) is 0. The zero-order chi connectivity index (χ0) is 13.8. The van der Waals surface area contributed by atoms with E-state index in [2.05, 4.69) is 21.2 Å². The van der Waals surface area contributed by atoms with Gasteiger partial charge in [0.15, 0.2) is 0 Å². The van der Waals surface area contributed by atoms with E-state index in [4.69, 9.17) is 5.73 Å². The number of rotatable bonds is 3. The molecule has 0 aliphatic rings. The number of hydrogen-bond acceptors (Lipinski definition) is 3. The first-order valence-electron chi connectivity index (χ1n) is 5.60. The number of carbonyl (C=O) groups is 1. The number of amides is 1. The fourth-order valence-corrected chi connectivity index (χ4v) is 2.54. The van der Waals surface area contributed by atoms with Crippen molar-refractivity contribution in [2.45, 2.75) is 4.90 Å². The van der Waals surface area contributed by atoms with E-state index in [1.807, 2.05) is 30.5 Å². The van der Waals surface area contributed by atoms with Crippen LogP contribution in [0, 0.1) is 0 Å². The van der Waals surface area contributed by atoms with Gasteiger partial charge in [0.25, 0.3) is 5.91 Å². The van der Waals surface area contributed by atoms with Crippen LogP contribution in [0.25, 0.3) is 0 Å². The van der Waals surface area contributed by atoms with Crippen molar-refractivity contribution in [2.24, 2.45) is 0 Å². The first-order chi connectivity index (χ1) is 9.08. The van der Waals surface area contributed by atoms with Gasteiger partial charge in [-0.1, -0.05) is 15.9 Å². The van der Waals surface area contributed by atoms with Crippen molar-refractivity contribution in [3.05, 3.63) is 52.5 Å². The molecule has 0 atom stereocenters. The standard InChI is InChI=1S/C14H13BrN2OS/c1-19-13-4-2-12(3-5-13)17-14(18)9-6-10(15)8-11(16)7-9/h2-8H,16H2,1H3,(H,17,18). The summed E-state index contributed by atoms with van der Waals surface area (Å²) in [6, 6.07) is 12.8. The highest BCUT2D eigenvalue weighted by atomic mass is 79.9. The van der Waals surface area contributed by atoms with E-state index in [0.717, 1.165) is 15.1 Å². The second-order valence-corrected chi connectivity index (χ2v) is 5.75. The monoisotopic (exact) mass is 336 g/mol. The number of thioether (sulfide) groups is 1. The molecule has 5 heteroatoms. The van der Waals surface area contributed by atoms with Gasteiger partial charge in [-0.05, 0) is 48.7 Å². The summed E-state index contributed by atoms with van der Waals surface area (Å²) in [7, 11) is 0. The number of anilines is 2. The van der Waals surface area contributed by atoms with Crippen molar-refractivity contribution in [3.8, 4) is 0 Å². The molecule has 3 N–H and O–H groups in total. The van der Waals surface area contributed by atoms with Crippen LogP contribution in [-0.4, -0.2) is 12.2 Å². The Morgan fingerprint density at radius 1 is 1.21 bits per heavy atom. The topological polar surface area (TPSA) is 55.1 Å². The minimum atomic E-state index is -0.176. The second kappa shape index (κ2) is 6.12. The zero-order valence-electron chi connectivity index (χ0n) is 10.3. The maximum absolute atomic E-state index is 12.1. The summed E-state index contributed by atoms with van der Waals surface area (Å²) in [4.78, 5) is 13.2. The number of nitrogens with one attached hydrogen (secondary N) is 1. The molecule has 2 aromatic rings. The quantitative estimate of drug-likeness (QED) is 0.657. The normalized spacial score (nSPS) is 10.2. The van der Waals surface area contributed by atoms with Crippen molar-refractivity contribution in [1.82, 2.24) is 0 Å². The highest BCUT2D eigenvalue weighted by molar-refractivity contribution is 9.10. The van der Waals surface area contributed by atoms with Crippen molar-refractivity contribution >= 4 is 45.0 Å². The van der Waals surface area contributed by atoms with Crippen LogP contribution in [0.3, 0.4) is 0 Å². The molecule has 0 bridgehead atoms. The second-order valence-electron chi connectivity index (χ2n) is 3.96. The Kier molecular flexibility index (Phi) is 4.50. The Balaban J connectivity index is 2.15. The lowest BCUT2D eigenvalue weighted by Crippen LogP contribution is -2.12. The summed E-state index contributed by atoms with van der Waals surface area (Å²) in [5, 5.41) is 2.84. The molecule has 0 aromatic heterocycles. The maximum atomic E-state index is 12.1. The van der Waals surface area contributed by atoms with E-state index in [-0.39, 0.29) is 5.91 Å². The van der Waals surface area contributed by atoms with Gasteiger partial charge in [-0.15, -0.1) is 11.8 Å². The van der Waals surface area contributed by atoms with Gasteiger partial charge in [-0.2, -0.15) is 0 Å². The third kappa shape index (κ3) is 3.75. The first kappa shape index (κ1) is 14.0. The van der Waals surface area contributed by atoms with Crippen LogP contribution in [0.15, 0.2) is 51.8 Å². The summed E-state index contributed by atoms with van der Waals surface area (Å²) < 4.78 is 0.787. The third-order valence-corrected chi connectivity index (χ3v) is 3.73. The number of halogens is 1. The van der Waals surface area contributed by atoms with Gasteiger partial charge in [-0.3, -0.25) is 4.79 Å². The molecule has 0 radical (unpaired) electrons. The van der Waals surface area contributed by atoms with Crippen LogP contribution in [0.1, 0.15) is 10.4 Å². The summed E-state index contributed by atoms with van der Waals surface area (Å²) in [6.07, 6.45) is 2.01. The minimum absolute atomic E-state index is 0.176. The smallest absolute Gasteiger partial charge is 0.255 e. The van der Waals surface area contributed by atoms with Gasteiger partial charge in [-0.25, -0.2) is 0 Å². The van der Waals surface area contributed by atoms with Gasteiger partial charge >= 0.3 is 0 Å². The first-order valence-corrected chi connectivity index (χ1v) is 7.62. The Morgan fingerprint density at radius 2 is 1.89 bits per heavy atom. The molecule has 0 aliphatic carbocycles. The minimum Gasteiger partial charge on any atom is -0.399 e. The largest absolute Gasteiger partial charge is 0.399 e. The predicted molar refractivity (Wildman–Crippen MR) is 84.7 cm³/mol. The van der Waals surface area contributed by atoms with Crippen LogP contribution in [0.2, 0.25) is 0 Å². The highest BCUT2D eigenvalue weighted by Crippen LogP contribution is 2.20. The number of benzene rings is 2. The number of nitrogen functional groups attached to an aromatic ring is 1. The number of hydrogen-bond donors (Lipinski definition) is 2. The molecule has 0 heterocycles. The summed E-state index contributed by atoms with van der Waals surface area (Å²) in [5.41, 5.74) is 7.56. The van der Waals surface area contributed by atoms with Crippen LogP contribution in [0.5, 0.6) is 0 Å². The maximum Gasteiger partial charge on any atom is 0.255 e. The third-order valence-electron chi connectivity index (χ3n) is 2.53. The van der Waals surface area contributed by atoms with E-state index >= 15 is 0 Å². The van der Waals surface area contributed by atoms with E-state index in [1.54, 1.807) is 30.0 Å². The van der Waals surface area contributed by atoms with E-state index in [0.29, 0.717) is 11.3 Å². The molecule has 2 rings (SSSR count). The van der Waals surface area contributed by atoms with Crippen molar-refractivity contribution in [1.29, 1.82) is 0 Å². The van der Waals surface area contributed by atoms with Gasteiger partial charge in [0, 0.05) is 26.3 Å². The van der Waals surface area contributed by atoms with Gasteiger partial charge in [0.2, 0.25) is 0 Å². The zero-order valence-corrected chi connectivity index (χ0v) is 12.7. The van der Waals surface area contributed by atoms with Crippen molar-refractivity contribution in [2.75, 3.05) is 17.3 Å². The van der Waals surface area contributed by atoms with Crippen LogP contribution in [0.4, 0.5) is 11.4 Å². The van der Waals surface area contributed by atoms with E-state index in [9.17, 15) is 4.79 Å². The van der Waals surface area contributed by atoms with Crippen molar-refractivity contribution in [3.63, 3.8) is 0 Å². The number of nitrogens with two attached hydrogens (primary N) is 1. The van der Waals surface area contributed by atoms with Crippen LogP contribution in [-0.2, 0) is 0 Å². The van der Waals surface area contributed by atoms with Crippen molar-refractivity contribution < 1.29 is 4.79 Å². The molecule has 3 nitrogen and oxygen atoms in total. The fraction of sp³-hybridized carbons (Fsp3) is 0.0714. The average Bonchev–Trinajstić information content (AvgIpc) is 2.38. The molecule has 0 spiro atoms. The fourth-order valence-electron chi connectivity index (χ4n) is 1.62. The molecule has 0 aliphatic heterocycles. The molecule has 19 heavy (non-hydrogen) atoms. The highest BCUT2D eigenvalue weighted by Gasteiger charge is 2.07. The molecule has 2 aromatic carbocycles. The van der Waals surface area contributed by atoms with E-state index < -0.39 is 0 Å². The predicted octanol–water partition coefficient (Wildman–Crippen LogP) is 4.01. The Labute approximate surface area is 124 Å². The molecule has 0 unspecified atom stereocenters. The Hall–Kier alpha value is -1.46. The van der Waals surface area contributed by atoms with Crippen LogP contribution >= 0.6 is 27.7 Å². The molecule has 0 saturated carbocycles. The van der Waals surface area contributed by atoms with Gasteiger partial charge in [0.05, 0.1) is 0 Å². The molecular weight excluding hydrogens is 324 g/mol. The average molecular weight is 337 g/mol. The lowest BCUT2D eigenvalue weighted by Gasteiger charge is -2.07. The Bertz CT molecular complexity index is 579. The molecular formula is C14H13BrN2OS.